The predicted molar refractivity (Wildman–Crippen MR) is 76.5 cm³/mol. The molecule has 1 atom stereocenters. The number of ether oxygens (including phenoxy) is 2. The topological polar surface area (TPSA) is 81.2 Å². The quantitative estimate of drug-likeness (QED) is 0.912. The highest BCUT2D eigenvalue weighted by Crippen LogP contribution is 2.43. The highest BCUT2D eigenvalue weighted by atomic mass is 16.5. The molecule has 2 heterocycles. The lowest BCUT2D eigenvalue weighted by Gasteiger charge is -2.26. The van der Waals surface area contributed by atoms with Crippen molar-refractivity contribution in [3.8, 4) is 17.6 Å². The number of nitrogens with two attached hydrogens (primary N) is 1. The fourth-order valence-corrected chi connectivity index (χ4v) is 2.46. The minimum absolute atomic E-state index is 0.125. The average molecular weight is 279 g/mol. The summed E-state index contributed by atoms with van der Waals surface area (Å²) < 4.78 is 10.8. The Morgan fingerprint density at radius 2 is 2.05 bits per heavy atom. The summed E-state index contributed by atoms with van der Waals surface area (Å²) in [5.74, 6) is 1.15. The van der Waals surface area contributed by atoms with Crippen LogP contribution in [-0.4, -0.2) is 12.1 Å². The molecule has 104 valence electrons. The number of aromatic nitrogens is 1. The first-order valence-electron chi connectivity index (χ1n) is 6.40. The van der Waals surface area contributed by atoms with E-state index in [1.54, 1.807) is 25.6 Å². The van der Waals surface area contributed by atoms with Gasteiger partial charge in [-0.2, -0.15) is 5.26 Å². The van der Waals surface area contributed by atoms with Crippen LogP contribution >= 0.6 is 0 Å². The van der Waals surface area contributed by atoms with E-state index in [0.717, 1.165) is 11.1 Å². The molecule has 1 aromatic carbocycles. The van der Waals surface area contributed by atoms with Gasteiger partial charge in [0.15, 0.2) is 0 Å². The number of nitrogens with zero attached hydrogens (tertiary/aromatic N) is 2. The molecule has 5 heteroatoms. The number of benzene rings is 1. The van der Waals surface area contributed by atoms with Crippen LogP contribution < -0.4 is 15.2 Å². The standard InChI is InChI=1S/C16H13N3O2/c1-20-11-2-3-12-14(8-11)21-16(18)13(9-17)15(12)10-4-6-19-7-5-10/h2-8,15H,18H2,1H3. The average Bonchev–Trinajstić information content (AvgIpc) is 2.53. The van der Waals surface area contributed by atoms with Crippen molar-refractivity contribution in [2.24, 2.45) is 5.73 Å². The van der Waals surface area contributed by atoms with Gasteiger partial charge >= 0.3 is 0 Å². The first kappa shape index (κ1) is 13.0. The summed E-state index contributed by atoms with van der Waals surface area (Å²) in [7, 11) is 1.59. The molecule has 0 saturated carbocycles. The molecule has 5 nitrogen and oxygen atoms in total. The molecule has 0 bridgehead atoms. The van der Waals surface area contributed by atoms with Crippen molar-refractivity contribution < 1.29 is 9.47 Å². The van der Waals surface area contributed by atoms with Gasteiger partial charge in [0.2, 0.25) is 5.88 Å². The lowest BCUT2D eigenvalue weighted by molar-refractivity contribution is 0.381. The summed E-state index contributed by atoms with van der Waals surface area (Å²) in [4.78, 5) is 4.01. The number of rotatable bonds is 2. The molecule has 1 aliphatic heterocycles. The smallest absolute Gasteiger partial charge is 0.205 e. The van der Waals surface area contributed by atoms with Crippen molar-refractivity contribution in [3.05, 3.63) is 65.3 Å². The zero-order valence-electron chi connectivity index (χ0n) is 11.4. The third kappa shape index (κ3) is 2.17. The Morgan fingerprint density at radius 3 is 2.71 bits per heavy atom. The summed E-state index contributed by atoms with van der Waals surface area (Å²) >= 11 is 0. The number of hydrogen-bond donors (Lipinski definition) is 1. The first-order chi connectivity index (χ1) is 10.2. The van der Waals surface area contributed by atoms with Crippen LogP contribution in [0.25, 0.3) is 0 Å². The number of hydrogen-bond acceptors (Lipinski definition) is 5. The number of fused-ring (bicyclic) bond motifs is 1. The van der Waals surface area contributed by atoms with Gasteiger partial charge in [0.25, 0.3) is 0 Å². The number of pyridine rings is 1. The lowest BCUT2D eigenvalue weighted by atomic mass is 9.84. The maximum Gasteiger partial charge on any atom is 0.205 e. The fraction of sp³-hybridized carbons (Fsp3) is 0.125. The van der Waals surface area contributed by atoms with Gasteiger partial charge in [0.05, 0.1) is 13.0 Å². The lowest BCUT2D eigenvalue weighted by Crippen LogP contribution is -2.21. The van der Waals surface area contributed by atoms with Crippen LogP contribution in [0.2, 0.25) is 0 Å². The van der Waals surface area contributed by atoms with Crippen molar-refractivity contribution in [1.82, 2.24) is 4.98 Å². The van der Waals surface area contributed by atoms with E-state index in [0.29, 0.717) is 17.1 Å². The Morgan fingerprint density at radius 1 is 1.29 bits per heavy atom. The molecule has 1 unspecified atom stereocenters. The molecule has 3 rings (SSSR count). The molecule has 21 heavy (non-hydrogen) atoms. The molecule has 1 aromatic heterocycles. The third-order valence-electron chi connectivity index (χ3n) is 3.47. The van der Waals surface area contributed by atoms with Crippen LogP contribution in [-0.2, 0) is 0 Å². The summed E-state index contributed by atoms with van der Waals surface area (Å²) in [6.07, 6.45) is 3.39. The molecule has 0 radical (unpaired) electrons. The Balaban J connectivity index is 2.20. The predicted octanol–water partition coefficient (Wildman–Crippen LogP) is 2.31. The van der Waals surface area contributed by atoms with Gasteiger partial charge in [-0.1, -0.05) is 6.07 Å². The summed E-state index contributed by atoms with van der Waals surface area (Å²) in [5, 5.41) is 9.41. The van der Waals surface area contributed by atoms with E-state index in [4.69, 9.17) is 15.2 Å². The van der Waals surface area contributed by atoms with E-state index in [1.165, 1.54) is 0 Å². The van der Waals surface area contributed by atoms with Crippen molar-refractivity contribution >= 4 is 0 Å². The Kier molecular flexibility index (Phi) is 3.20. The van der Waals surface area contributed by atoms with E-state index in [2.05, 4.69) is 11.1 Å². The number of nitriles is 1. The van der Waals surface area contributed by atoms with E-state index >= 15 is 0 Å². The van der Waals surface area contributed by atoms with Crippen LogP contribution in [0.5, 0.6) is 11.5 Å². The molecule has 0 aliphatic carbocycles. The highest BCUT2D eigenvalue weighted by Gasteiger charge is 2.30. The first-order valence-corrected chi connectivity index (χ1v) is 6.40. The third-order valence-corrected chi connectivity index (χ3v) is 3.47. The highest BCUT2D eigenvalue weighted by molar-refractivity contribution is 5.56. The largest absolute Gasteiger partial charge is 0.497 e. The van der Waals surface area contributed by atoms with Crippen LogP contribution in [0.4, 0.5) is 0 Å². The maximum absolute atomic E-state index is 9.41. The second kappa shape index (κ2) is 5.17. The van der Waals surface area contributed by atoms with E-state index < -0.39 is 0 Å². The molecule has 2 N–H and O–H groups in total. The summed E-state index contributed by atoms with van der Waals surface area (Å²) in [6, 6.07) is 11.4. The Bertz CT molecular complexity index is 748. The van der Waals surface area contributed by atoms with E-state index in [1.807, 2.05) is 24.3 Å². The molecular weight excluding hydrogens is 266 g/mol. The Labute approximate surface area is 122 Å². The van der Waals surface area contributed by atoms with Crippen molar-refractivity contribution in [2.45, 2.75) is 5.92 Å². The summed E-state index contributed by atoms with van der Waals surface area (Å²) in [6.45, 7) is 0. The van der Waals surface area contributed by atoms with Gasteiger partial charge in [0, 0.05) is 24.0 Å². The van der Waals surface area contributed by atoms with Crippen molar-refractivity contribution in [1.29, 1.82) is 5.26 Å². The second-order valence-electron chi connectivity index (χ2n) is 4.61. The van der Waals surface area contributed by atoms with E-state index in [9.17, 15) is 5.26 Å². The minimum Gasteiger partial charge on any atom is -0.497 e. The van der Waals surface area contributed by atoms with Gasteiger partial charge in [0.1, 0.15) is 23.1 Å². The van der Waals surface area contributed by atoms with Crippen LogP contribution in [0.3, 0.4) is 0 Å². The van der Waals surface area contributed by atoms with Gasteiger partial charge in [-0.15, -0.1) is 0 Å². The van der Waals surface area contributed by atoms with Gasteiger partial charge in [-0.05, 0) is 23.8 Å². The van der Waals surface area contributed by atoms with Crippen LogP contribution in [0.15, 0.2) is 54.2 Å². The molecule has 1 aliphatic rings. The molecule has 0 spiro atoms. The molecule has 0 fully saturated rings. The molecule has 2 aromatic rings. The fourth-order valence-electron chi connectivity index (χ4n) is 2.46. The van der Waals surface area contributed by atoms with Gasteiger partial charge in [-0.3, -0.25) is 4.98 Å². The zero-order valence-corrected chi connectivity index (χ0v) is 11.4. The Hall–Kier alpha value is -3.00. The maximum atomic E-state index is 9.41. The normalized spacial score (nSPS) is 16.7. The minimum atomic E-state index is -0.257. The SMILES string of the molecule is COc1ccc2c(c1)OC(N)=C(C#N)C2c1ccncc1. The molecule has 0 saturated heterocycles. The van der Waals surface area contributed by atoms with Crippen molar-refractivity contribution in [2.75, 3.05) is 7.11 Å². The van der Waals surface area contributed by atoms with Crippen LogP contribution in [0.1, 0.15) is 17.0 Å². The van der Waals surface area contributed by atoms with Gasteiger partial charge in [-0.25, -0.2) is 0 Å². The zero-order chi connectivity index (χ0) is 14.8. The monoisotopic (exact) mass is 279 g/mol. The summed E-state index contributed by atoms with van der Waals surface area (Å²) in [5.41, 5.74) is 8.13. The van der Waals surface area contributed by atoms with Crippen molar-refractivity contribution in [3.63, 3.8) is 0 Å². The van der Waals surface area contributed by atoms with Crippen LogP contribution in [0, 0.1) is 11.3 Å². The van der Waals surface area contributed by atoms with E-state index in [-0.39, 0.29) is 11.8 Å². The second-order valence-corrected chi connectivity index (χ2v) is 4.61. The molecular formula is C16H13N3O2. The van der Waals surface area contributed by atoms with Gasteiger partial charge < -0.3 is 15.2 Å². The number of allylic oxidation sites excluding steroid dienone is 1. The molecule has 0 amide bonds. The number of methoxy groups -OCH3 is 1.